The van der Waals surface area contributed by atoms with Crippen molar-refractivity contribution in [2.75, 3.05) is 0 Å². The van der Waals surface area contributed by atoms with Gasteiger partial charge in [-0.1, -0.05) is 80.7 Å². The van der Waals surface area contributed by atoms with Gasteiger partial charge in [-0.3, -0.25) is 0 Å². The van der Waals surface area contributed by atoms with Crippen molar-refractivity contribution in [3.8, 4) is 0 Å². The minimum Gasteiger partial charge on any atom is -0.163 e. The molecule has 0 aromatic heterocycles. The summed E-state index contributed by atoms with van der Waals surface area (Å²) in [4.78, 5) is 0. The molecule has 0 nitrogen and oxygen atoms in total. The van der Waals surface area contributed by atoms with Crippen molar-refractivity contribution in [2.24, 2.45) is 5.92 Å². The van der Waals surface area contributed by atoms with Crippen LogP contribution >= 0.6 is 11.1 Å². The first-order valence-corrected chi connectivity index (χ1v) is 14.2. The van der Waals surface area contributed by atoms with Gasteiger partial charge in [0.15, 0.2) is 8.11 Å². The van der Waals surface area contributed by atoms with Gasteiger partial charge in [0.1, 0.15) is 0 Å². The van der Waals surface area contributed by atoms with Crippen LogP contribution in [0.5, 0.6) is 0 Å². The van der Waals surface area contributed by atoms with Crippen LogP contribution in [-0.2, 0) is 0 Å². The molecule has 0 saturated heterocycles. The molecule has 0 spiro atoms. The summed E-state index contributed by atoms with van der Waals surface area (Å²) in [5, 5.41) is 3.03. The van der Waals surface area contributed by atoms with Gasteiger partial charge in [0, 0.05) is 0 Å². The van der Waals surface area contributed by atoms with Crippen molar-refractivity contribution < 1.29 is 0 Å². The quantitative estimate of drug-likeness (QED) is 0.563. The van der Waals surface area contributed by atoms with Gasteiger partial charge in [0.2, 0.25) is 0 Å². The van der Waals surface area contributed by atoms with Crippen molar-refractivity contribution in [2.45, 2.75) is 64.7 Å². The van der Waals surface area contributed by atoms with E-state index in [9.17, 15) is 0 Å². The minimum absolute atomic E-state index is 0.875. The molecule has 0 heterocycles. The summed E-state index contributed by atoms with van der Waals surface area (Å²) in [6.07, 6.45) is 7.10. The SMILES string of the molecule is Cc1cc([Si](Cl)CC2CCCCC2)cc([Si](C)(C)C)c1. The molecule has 1 fully saturated rings. The number of hydrogen-bond donors (Lipinski definition) is 0. The molecule has 0 N–H and O–H groups in total. The third-order valence-electron chi connectivity index (χ3n) is 4.45. The van der Waals surface area contributed by atoms with Crippen LogP contribution < -0.4 is 10.4 Å². The van der Waals surface area contributed by atoms with Gasteiger partial charge < -0.3 is 0 Å². The molecule has 0 bridgehead atoms. The van der Waals surface area contributed by atoms with Crippen molar-refractivity contribution >= 4 is 37.6 Å². The molecule has 111 valence electrons. The molecule has 0 amide bonds. The maximum absolute atomic E-state index is 6.85. The second-order valence-corrected chi connectivity index (χ2v) is 15.7. The van der Waals surface area contributed by atoms with E-state index in [1.165, 1.54) is 48.9 Å². The Labute approximate surface area is 132 Å². The van der Waals surface area contributed by atoms with Gasteiger partial charge in [-0.2, -0.15) is 11.1 Å². The molecule has 0 atom stereocenters. The monoisotopic (exact) mass is 323 g/mol. The van der Waals surface area contributed by atoms with Gasteiger partial charge in [-0.25, -0.2) is 0 Å². The molecule has 1 aliphatic carbocycles. The molecule has 1 aromatic carbocycles. The van der Waals surface area contributed by atoms with Crippen LogP contribution in [0.15, 0.2) is 18.2 Å². The second kappa shape index (κ2) is 6.80. The Morgan fingerprint density at radius 3 is 2.35 bits per heavy atom. The van der Waals surface area contributed by atoms with Crippen molar-refractivity contribution in [3.63, 3.8) is 0 Å². The van der Waals surface area contributed by atoms with Gasteiger partial charge in [0.05, 0.1) is 8.07 Å². The highest BCUT2D eigenvalue weighted by molar-refractivity contribution is 7.14. The predicted octanol–water partition coefficient (Wildman–Crippen LogP) is 4.56. The first-order valence-electron chi connectivity index (χ1n) is 8.00. The van der Waals surface area contributed by atoms with Gasteiger partial charge in [-0.15, -0.1) is 0 Å². The molecular formula is C17H28ClSi2. The average Bonchev–Trinajstić information content (AvgIpc) is 2.38. The lowest BCUT2D eigenvalue weighted by Crippen LogP contribution is -2.41. The summed E-state index contributed by atoms with van der Waals surface area (Å²) in [6, 6.07) is 8.42. The summed E-state index contributed by atoms with van der Waals surface area (Å²) in [5.41, 5.74) is 1.40. The molecule has 20 heavy (non-hydrogen) atoms. The molecule has 1 radical (unpaired) electrons. The van der Waals surface area contributed by atoms with E-state index in [0.29, 0.717) is 0 Å². The standard InChI is InChI=1S/C17H28ClSi2/c1-14-10-16(12-17(11-14)20(2,3)4)19(18)13-15-8-6-5-7-9-15/h10-12,15H,5-9,13H2,1-4H3. The number of rotatable bonds is 4. The fourth-order valence-corrected chi connectivity index (χ4v) is 7.36. The number of hydrogen-bond acceptors (Lipinski definition) is 0. The fraction of sp³-hybridized carbons (Fsp3) is 0.647. The Hall–Kier alpha value is -0.0562. The van der Waals surface area contributed by atoms with Crippen molar-refractivity contribution in [1.82, 2.24) is 0 Å². The lowest BCUT2D eigenvalue weighted by Gasteiger charge is -2.24. The van der Waals surface area contributed by atoms with Gasteiger partial charge in [-0.05, 0) is 24.1 Å². The van der Waals surface area contributed by atoms with E-state index < -0.39 is 16.2 Å². The Balaban J connectivity index is 2.12. The van der Waals surface area contributed by atoms with Crippen molar-refractivity contribution in [1.29, 1.82) is 0 Å². The van der Waals surface area contributed by atoms with Crippen LogP contribution in [0, 0.1) is 12.8 Å². The van der Waals surface area contributed by atoms with E-state index in [-0.39, 0.29) is 0 Å². The first kappa shape index (κ1) is 16.3. The van der Waals surface area contributed by atoms with E-state index >= 15 is 0 Å². The molecule has 0 unspecified atom stereocenters. The fourth-order valence-electron chi connectivity index (χ4n) is 3.14. The minimum atomic E-state index is -1.24. The Kier molecular flexibility index (Phi) is 5.55. The van der Waals surface area contributed by atoms with Gasteiger partial charge in [0.25, 0.3) is 0 Å². The maximum atomic E-state index is 6.85. The van der Waals surface area contributed by atoms with E-state index in [1.54, 1.807) is 5.19 Å². The van der Waals surface area contributed by atoms with Crippen LogP contribution in [0.25, 0.3) is 0 Å². The van der Waals surface area contributed by atoms with E-state index in [2.05, 4.69) is 44.8 Å². The molecular weight excluding hydrogens is 296 g/mol. The smallest absolute Gasteiger partial charge is 0.163 e. The zero-order valence-electron chi connectivity index (χ0n) is 13.4. The lowest BCUT2D eigenvalue weighted by molar-refractivity contribution is 0.384. The van der Waals surface area contributed by atoms with E-state index in [1.807, 2.05) is 0 Å². The second-order valence-electron chi connectivity index (χ2n) is 7.45. The maximum Gasteiger partial charge on any atom is 0.199 e. The highest BCUT2D eigenvalue weighted by Gasteiger charge is 2.23. The molecule has 0 aliphatic heterocycles. The lowest BCUT2D eigenvalue weighted by atomic mass is 9.91. The molecule has 1 aromatic rings. The Morgan fingerprint density at radius 1 is 1.10 bits per heavy atom. The topological polar surface area (TPSA) is 0 Å². The molecule has 2 rings (SSSR count). The van der Waals surface area contributed by atoms with Crippen LogP contribution in [0.2, 0.25) is 25.7 Å². The van der Waals surface area contributed by atoms with E-state index in [4.69, 9.17) is 11.1 Å². The normalized spacial score (nSPS) is 17.7. The summed E-state index contributed by atoms with van der Waals surface area (Å²) in [7, 11) is -2.11. The van der Waals surface area contributed by atoms with Crippen LogP contribution in [0.1, 0.15) is 37.7 Å². The summed E-state index contributed by atoms with van der Waals surface area (Å²) in [6.45, 7) is 9.49. The van der Waals surface area contributed by atoms with Crippen molar-refractivity contribution in [3.05, 3.63) is 23.8 Å². The molecule has 1 aliphatic rings. The Bertz CT molecular complexity index is 445. The summed E-state index contributed by atoms with van der Waals surface area (Å²) in [5.74, 6) is 0.894. The Morgan fingerprint density at radius 2 is 1.75 bits per heavy atom. The number of aryl methyl sites for hydroxylation is 1. The third-order valence-corrected chi connectivity index (χ3v) is 9.44. The summed E-state index contributed by atoms with van der Waals surface area (Å²) >= 11 is 6.85. The van der Waals surface area contributed by atoms with Crippen LogP contribution in [0.4, 0.5) is 0 Å². The number of halogens is 1. The largest absolute Gasteiger partial charge is 0.199 e. The van der Waals surface area contributed by atoms with Crippen LogP contribution in [0.3, 0.4) is 0 Å². The predicted molar refractivity (Wildman–Crippen MR) is 96.8 cm³/mol. The number of benzene rings is 1. The zero-order chi connectivity index (χ0) is 14.8. The van der Waals surface area contributed by atoms with E-state index in [0.717, 1.165) is 5.92 Å². The van der Waals surface area contributed by atoms with Crippen LogP contribution in [-0.4, -0.2) is 16.2 Å². The molecule has 3 heteroatoms. The third kappa shape index (κ3) is 4.47. The highest BCUT2D eigenvalue weighted by Crippen LogP contribution is 2.28. The molecule has 1 saturated carbocycles. The summed E-state index contributed by atoms with van der Waals surface area (Å²) < 4.78 is 0. The highest BCUT2D eigenvalue weighted by atomic mass is 35.6. The average molecular weight is 324 g/mol. The van der Waals surface area contributed by atoms with Gasteiger partial charge >= 0.3 is 0 Å². The zero-order valence-corrected chi connectivity index (χ0v) is 16.2. The first-order chi connectivity index (χ1) is 9.36.